The number of fused-ring (bicyclic) bond motifs is 1. The SMILES string of the molecule is Nc1cccc2oc(CSc3ncccc3Cl)nc12. The number of hydrogen-bond donors (Lipinski definition) is 1. The largest absolute Gasteiger partial charge is 0.440 e. The van der Waals surface area contributed by atoms with Crippen LogP contribution in [-0.2, 0) is 5.75 Å². The van der Waals surface area contributed by atoms with E-state index in [-0.39, 0.29) is 0 Å². The van der Waals surface area contributed by atoms with Gasteiger partial charge in [-0.2, -0.15) is 0 Å². The van der Waals surface area contributed by atoms with Gasteiger partial charge < -0.3 is 10.2 Å². The summed E-state index contributed by atoms with van der Waals surface area (Å²) in [6.07, 6.45) is 1.71. The Labute approximate surface area is 119 Å². The third-order valence-corrected chi connectivity index (χ3v) is 3.96. The molecule has 3 rings (SSSR count). The van der Waals surface area contributed by atoms with Gasteiger partial charge in [-0.1, -0.05) is 29.4 Å². The van der Waals surface area contributed by atoms with Gasteiger partial charge in [0.1, 0.15) is 10.5 Å². The van der Waals surface area contributed by atoms with Crippen molar-refractivity contribution in [3.8, 4) is 0 Å². The Kier molecular flexibility index (Phi) is 3.31. The number of nitrogen functional groups attached to an aromatic ring is 1. The molecular formula is C13H10ClN3OS. The van der Waals surface area contributed by atoms with Crippen LogP contribution in [0.1, 0.15) is 5.89 Å². The number of halogens is 1. The molecule has 0 spiro atoms. The number of oxazole rings is 1. The van der Waals surface area contributed by atoms with E-state index in [1.807, 2.05) is 12.1 Å². The summed E-state index contributed by atoms with van der Waals surface area (Å²) in [7, 11) is 0. The predicted octanol–water partition coefficient (Wildman–Crippen LogP) is 3.75. The van der Waals surface area contributed by atoms with Gasteiger partial charge in [0.15, 0.2) is 5.58 Å². The van der Waals surface area contributed by atoms with Crippen LogP contribution in [-0.4, -0.2) is 9.97 Å². The minimum absolute atomic E-state index is 0.560. The van der Waals surface area contributed by atoms with Crippen LogP contribution in [0.3, 0.4) is 0 Å². The number of para-hydroxylation sites is 1. The molecule has 3 aromatic rings. The molecule has 6 heteroatoms. The van der Waals surface area contributed by atoms with Crippen molar-refractivity contribution in [1.82, 2.24) is 9.97 Å². The summed E-state index contributed by atoms with van der Waals surface area (Å²) in [5.41, 5.74) is 7.85. The van der Waals surface area contributed by atoms with Crippen LogP contribution in [0, 0.1) is 0 Å². The van der Waals surface area contributed by atoms with Gasteiger partial charge in [0.25, 0.3) is 0 Å². The summed E-state index contributed by atoms with van der Waals surface area (Å²) in [4.78, 5) is 8.58. The molecule has 2 N–H and O–H groups in total. The molecule has 96 valence electrons. The smallest absolute Gasteiger partial charge is 0.205 e. The molecule has 0 fully saturated rings. The number of anilines is 1. The van der Waals surface area contributed by atoms with E-state index in [0.29, 0.717) is 33.5 Å². The zero-order valence-electron chi connectivity index (χ0n) is 9.84. The molecule has 0 amide bonds. The Bertz CT molecular complexity index is 729. The van der Waals surface area contributed by atoms with E-state index in [1.54, 1.807) is 24.4 Å². The molecule has 0 atom stereocenters. The third kappa shape index (κ3) is 2.52. The first kappa shape index (κ1) is 12.3. The lowest BCUT2D eigenvalue weighted by molar-refractivity contribution is 0.556. The van der Waals surface area contributed by atoms with Crippen LogP contribution in [0.4, 0.5) is 5.69 Å². The highest BCUT2D eigenvalue weighted by Gasteiger charge is 2.09. The van der Waals surface area contributed by atoms with Crippen molar-refractivity contribution in [2.75, 3.05) is 5.73 Å². The van der Waals surface area contributed by atoms with E-state index in [1.165, 1.54) is 11.8 Å². The third-order valence-electron chi connectivity index (χ3n) is 2.55. The molecule has 0 radical (unpaired) electrons. The van der Waals surface area contributed by atoms with E-state index >= 15 is 0 Å². The number of hydrogen-bond acceptors (Lipinski definition) is 5. The summed E-state index contributed by atoms with van der Waals surface area (Å²) >= 11 is 7.52. The summed E-state index contributed by atoms with van der Waals surface area (Å²) < 4.78 is 5.63. The van der Waals surface area contributed by atoms with Crippen LogP contribution >= 0.6 is 23.4 Å². The van der Waals surface area contributed by atoms with Gasteiger partial charge in [0, 0.05) is 6.20 Å². The topological polar surface area (TPSA) is 64.9 Å². The van der Waals surface area contributed by atoms with Crippen molar-refractivity contribution in [1.29, 1.82) is 0 Å². The predicted molar refractivity (Wildman–Crippen MR) is 77.2 cm³/mol. The second-order valence-electron chi connectivity index (χ2n) is 3.88. The van der Waals surface area contributed by atoms with Gasteiger partial charge in [0.2, 0.25) is 5.89 Å². The Morgan fingerprint density at radius 3 is 2.95 bits per heavy atom. The number of thioether (sulfide) groups is 1. The molecule has 0 aliphatic heterocycles. The number of benzene rings is 1. The zero-order chi connectivity index (χ0) is 13.2. The molecule has 0 aliphatic carbocycles. The molecule has 2 aromatic heterocycles. The van der Waals surface area contributed by atoms with Crippen molar-refractivity contribution in [3.63, 3.8) is 0 Å². The van der Waals surface area contributed by atoms with Crippen molar-refractivity contribution in [2.24, 2.45) is 0 Å². The van der Waals surface area contributed by atoms with Gasteiger partial charge in [-0.3, -0.25) is 0 Å². The summed E-state index contributed by atoms with van der Waals surface area (Å²) in [6, 6.07) is 9.10. The molecule has 1 aromatic carbocycles. The molecule has 0 saturated heterocycles. The monoisotopic (exact) mass is 291 g/mol. The highest BCUT2D eigenvalue weighted by atomic mass is 35.5. The minimum atomic E-state index is 0.560. The summed E-state index contributed by atoms with van der Waals surface area (Å²) in [5.74, 6) is 1.17. The first-order chi connectivity index (χ1) is 9.24. The molecule has 0 unspecified atom stereocenters. The number of nitrogens with two attached hydrogens (primary N) is 1. The minimum Gasteiger partial charge on any atom is -0.440 e. The molecule has 19 heavy (non-hydrogen) atoms. The Balaban J connectivity index is 1.83. The normalized spacial score (nSPS) is 11.0. The highest BCUT2D eigenvalue weighted by molar-refractivity contribution is 7.98. The first-order valence-corrected chi connectivity index (χ1v) is 6.97. The van der Waals surface area contributed by atoms with E-state index in [2.05, 4.69) is 9.97 Å². The Morgan fingerprint density at radius 2 is 2.16 bits per heavy atom. The fraction of sp³-hybridized carbons (Fsp3) is 0.0769. The van der Waals surface area contributed by atoms with Crippen molar-refractivity contribution in [2.45, 2.75) is 10.8 Å². The van der Waals surface area contributed by atoms with Gasteiger partial charge in [-0.15, -0.1) is 0 Å². The van der Waals surface area contributed by atoms with Crippen LogP contribution in [0.5, 0.6) is 0 Å². The Hall–Kier alpha value is -1.72. The van der Waals surface area contributed by atoms with Crippen LogP contribution in [0.25, 0.3) is 11.1 Å². The molecule has 2 heterocycles. The van der Waals surface area contributed by atoms with Crippen molar-refractivity contribution >= 4 is 40.1 Å². The van der Waals surface area contributed by atoms with E-state index < -0.39 is 0 Å². The molecule has 0 saturated carbocycles. The standard InChI is InChI=1S/C13H10ClN3OS/c14-8-3-2-6-16-13(8)19-7-11-17-12-9(15)4-1-5-10(12)18-11/h1-6H,7,15H2. The average Bonchev–Trinajstić information content (AvgIpc) is 2.82. The summed E-state index contributed by atoms with van der Waals surface area (Å²) in [6.45, 7) is 0. The maximum atomic E-state index is 6.04. The van der Waals surface area contributed by atoms with Gasteiger partial charge in [-0.25, -0.2) is 9.97 Å². The van der Waals surface area contributed by atoms with Gasteiger partial charge in [-0.05, 0) is 24.3 Å². The Morgan fingerprint density at radius 1 is 1.26 bits per heavy atom. The zero-order valence-corrected chi connectivity index (χ0v) is 11.4. The fourth-order valence-corrected chi connectivity index (χ4v) is 2.70. The van der Waals surface area contributed by atoms with E-state index in [4.69, 9.17) is 21.8 Å². The van der Waals surface area contributed by atoms with Crippen LogP contribution in [0.15, 0.2) is 46.0 Å². The average molecular weight is 292 g/mol. The number of nitrogens with zero attached hydrogens (tertiary/aromatic N) is 2. The first-order valence-electron chi connectivity index (χ1n) is 5.61. The van der Waals surface area contributed by atoms with E-state index in [9.17, 15) is 0 Å². The van der Waals surface area contributed by atoms with E-state index in [0.717, 1.165) is 5.03 Å². The lowest BCUT2D eigenvalue weighted by atomic mass is 10.3. The van der Waals surface area contributed by atoms with Crippen molar-refractivity contribution < 1.29 is 4.42 Å². The second-order valence-corrected chi connectivity index (χ2v) is 5.25. The number of pyridine rings is 1. The van der Waals surface area contributed by atoms with Crippen LogP contribution in [0.2, 0.25) is 5.02 Å². The summed E-state index contributed by atoms with van der Waals surface area (Å²) in [5, 5.41) is 1.39. The molecular weight excluding hydrogens is 282 g/mol. The second kappa shape index (κ2) is 5.11. The molecule has 4 nitrogen and oxygen atoms in total. The maximum Gasteiger partial charge on any atom is 0.205 e. The van der Waals surface area contributed by atoms with Crippen LogP contribution < -0.4 is 5.73 Å². The molecule has 0 aliphatic rings. The fourth-order valence-electron chi connectivity index (χ4n) is 1.69. The van der Waals surface area contributed by atoms with Crippen molar-refractivity contribution in [3.05, 3.63) is 47.4 Å². The number of aromatic nitrogens is 2. The van der Waals surface area contributed by atoms with Gasteiger partial charge >= 0.3 is 0 Å². The number of rotatable bonds is 3. The lowest BCUT2D eigenvalue weighted by Crippen LogP contribution is -1.86. The molecule has 0 bridgehead atoms. The maximum absolute atomic E-state index is 6.04. The van der Waals surface area contributed by atoms with Gasteiger partial charge in [0.05, 0.1) is 16.5 Å². The quantitative estimate of drug-likeness (QED) is 0.588. The highest BCUT2D eigenvalue weighted by Crippen LogP contribution is 2.29. The lowest BCUT2D eigenvalue weighted by Gasteiger charge is -1.99.